The number of rotatable bonds is 17. The lowest BCUT2D eigenvalue weighted by atomic mass is 9.96. The van der Waals surface area contributed by atoms with Crippen LogP contribution in [-0.4, -0.2) is 119 Å². The molecule has 2 heterocycles. The predicted molar refractivity (Wildman–Crippen MR) is 162 cm³/mol. The first kappa shape index (κ1) is 40.8. The van der Waals surface area contributed by atoms with E-state index in [-0.39, 0.29) is 0 Å². The number of carbonyl (C=O) groups excluding carboxylic acids is 4. The van der Waals surface area contributed by atoms with E-state index in [0.29, 0.717) is 25.7 Å². The summed E-state index contributed by atoms with van der Waals surface area (Å²) in [6, 6.07) is 0. The average Bonchev–Trinajstić information content (AvgIpc) is 3.32. The van der Waals surface area contributed by atoms with E-state index in [2.05, 4.69) is 0 Å². The molecular formula is C32H54O15. The summed E-state index contributed by atoms with van der Waals surface area (Å²) in [6.07, 6.45) is -11.4. The molecule has 0 aliphatic carbocycles. The van der Waals surface area contributed by atoms with Crippen LogP contribution in [0.2, 0.25) is 0 Å². The van der Waals surface area contributed by atoms with Crippen molar-refractivity contribution in [2.45, 2.75) is 136 Å². The predicted octanol–water partition coefficient (Wildman–Crippen LogP) is 0.992. The van der Waals surface area contributed by atoms with E-state index in [9.17, 15) is 39.6 Å². The molecule has 0 radical (unpaired) electrons. The van der Waals surface area contributed by atoms with Crippen molar-refractivity contribution in [3.8, 4) is 0 Å². The lowest BCUT2D eigenvalue weighted by molar-refractivity contribution is -0.384. The molecule has 2 rings (SSSR count). The Labute approximate surface area is 276 Å². The van der Waals surface area contributed by atoms with Gasteiger partial charge in [-0.1, -0.05) is 55.4 Å². The standard InChI is InChI=1S/C32H54O15/c1-9-16(5)27(37)41-14-21-23(43-28(38)17(6)10-2)24(44-29(39)18(7)11-3)25(45-30(40)19(8)12-4)31(42-21)47-32(15-34)26(36)22(35)20(13-33)46-32/h16-26,31,33-36H,9-15H2,1-8H3/t16?,17?,18?,19?,20-,21-,22-,23-,24+,25-,26+,31-,32+/m1/s1. The maximum atomic E-state index is 13.3. The van der Waals surface area contributed by atoms with Gasteiger partial charge in [-0.3, -0.25) is 19.2 Å². The van der Waals surface area contributed by atoms with Gasteiger partial charge in [0.1, 0.15) is 37.6 Å². The van der Waals surface area contributed by atoms with Crippen LogP contribution in [0.4, 0.5) is 0 Å². The average molecular weight is 679 g/mol. The van der Waals surface area contributed by atoms with Gasteiger partial charge in [0.2, 0.25) is 12.1 Å². The van der Waals surface area contributed by atoms with E-state index in [0.717, 1.165) is 0 Å². The molecule has 15 nitrogen and oxygen atoms in total. The van der Waals surface area contributed by atoms with E-state index in [1.54, 1.807) is 55.4 Å². The SMILES string of the molecule is CCC(C)C(=O)OC[C@H]1O[C@H](O[C@]2(CO)O[C@H](CO)[C@@H](O)[C@@H]2O)[C@H](OC(=O)C(C)CC)[C@@H](OC(=O)C(C)CC)[C@@H]1OC(=O)C(C)CC. The van der Waals surface area contributed by atoms with Crippen LogP contribution in [-0.2, 0) is 52.3 Å². The van der Waals surface area contributed by atoms with Crippen molar-refractivity contribution in [3.05, 3.63) is 0 Å². The summed E-state index contributed by atoms with van der Waals surface area (Å²) in [7, 11) is 0. The van der Waals surface area contributed by atoms with Gasteiger partial charge in [-0.25, -0.2) is 0 Å². The largest absolute Gasteiger partial charge is 0.463 e. The molecule has 15 heteroatoms. The van der Waals surface area contributed by atoms with Crippen LogP contribution >= 0.6 is 0 Å². The van der Waals surface area contributed by atoms with Gasteiger partial charge < -0.3 is 53.6 Å². The maximum Gasteiger partial charge on any atom is 0.309 e. The van der Waals surface area contributed by atoms with Crippen molar-refractivity contribution in [1.82, 2.24) is 0 Å². The smallest absolute Gasteiger partial charge is 0.309 e. The van der Waals surface area contributed by atoms with E-state index < -0.39 is 122 Å². The molecule has 4 unspecified atom stereocenters. The molecule has 2 saturated heterocycles. The van der Waals surface area contributed by atoms with E-state index in [1.165, 1.54) is 0 Å². The molecule has 0 aromatic carbocycles. The fourth-order valence-corrected chi connectivity index (χ4v) is 4.70. The van der Waals surface area contributed by atoms with Gasteiger partial charge in [0, 0.05) is 0 Å². The van der Waals surface area contributed by atoms with E-state index in [4.69, 9.17) is 33.2 Å². The number of esters is 4. The van der Waals surface area contributed by atoms with Crippen molar-refractivity contribution in [2.75, 3.05) is 19.8 Å². The Morgan fingerprint density at radius 3 is 1.55 bits per heavy atom. The number of ether oxygens (including phenoxy) is 7. The van der Waals surface area contributed by atoms with Gasteiger partial charge in [-0.05, 0) is 25.7 Å². The molecule has 0 amide bonds. The Morgan fingerprint density at radius 2 is 1.13 bits per heavy atom. The molecule has 13 atom stereocenters. The third-order valence-corrected chi connectivity index (χ3v) is 9.02. The van der Waals surface area contributed by atoms with Crippen molar-refractivity contribution in [1.29, 1.82) is 0 Å². The van der Waals surface area contributed by atoms with Gasteiger partial charge in [0.25, 0.3) is 0 Å². The topological polar surface area (TPSA) is 214 Å². The molecule has 0 aromatic rings. The molecule has 2 aliphatic rings. The van der Waals surface area contributed by atoms with Crippen LogP contribution in [0.5, 0.6) is 0 Å². The Balaban J connectivity index is 2.73. The molecule has 2 aliphatic heterocycles. The van der Waals surface area contributed by atoms with Gasteiger partial charge in [-0.2, -0.15) is 0 Å². The van der Waals surface area contributed by atoms with Crippen molar-refractivity contribution >= 4 is 23.9 Å². The summed E-state index contributed by atoms with van der Waals surface area (Å²) < 4.78 is 40.8. The van der Waals surface area contributed by atoms with Crippen LogP contribution in [0.3, 0.4) is 0 Å². The Bertz CT molecular complexity index is 1040. The van der Waals surface area contributed by atoms with Crippen LogP contribution in [0.15, 0.2) is 0 Å². The Hall–Kier alpha value is -2.40. The Kier molecular flexibility index (Phi) is 16.0. The lowest BCUT2D eigenvalue weighted by Crippen LogP contribution is -2.66. The quantitative estimate of drug-likeness (QED) is 0.125. The minimum atomic E-state index is -2.41. The number of carbonyl (C=O) groups is 4. The lowest BCUT2D eigenvalue weighted by Gasteiger charge is -2.47. The summed E-state index contributed by atoms with van der Waals surface area (Å²) >= 11 is 0. The van der Waals surface area contributed by atoms with Crippen LogP contribution < -0.4 is 0 Å². The van der Waals surface area contributed by atoms with Crippen LogP contribution in [0.25, 0.3) is 0 Å². The van der Waals surface area contributed by atoms with E-state index >= 15 is 0 Å². The zero-order chi connectivity index (χ0) is 35.6. The monoisotopic (exact) mass is 678 g/mol. The first-order chi connectivity index (χ1) is 22.1. The summed E-state index contributed by atoms with van der Waals surface area (Å²) in [6.45, 7) is 11.2. The normalized spacial score (nSPS) is 33.3. The number of aliphatic hydroxyl groups excluding tert-OH is 4. The molecule has 272 valence electrons. The van der Waals surface area contributed by atoms with Gasteiger partial charge in [0.15, 0.2) is 18.3 Å². The fraction of sp³-hybridized carbons (Fsp3) is 0.875. The number of aliphatic hydroxyl groups is 4. The third kappa shape index (κ3) is 9.83. The fourth-order valence-electron chi connectivity index (χ4n) is 4.70. The summed E-state index contributed by atoms with van der Waals surface area (Å²) in [4.78, 5) is 52.4. The minimum Gasteiger partial charge on any atom is -0.463 e. The van der Waals surface area contributed by atoms with Crippen molar-refractivity contribution < 1.29 is 72.8 Å². The second-order valence-corrected chi connectivity index (χ2v) is 12.5. The van der Waals surface area contributed by atoms with Crippen molar-refractivity contribution in [3.63, 3.8) is 0 Å². The maximum absolute atomic E-state index is 13.3. The molecular weight excluding hydrogens is 624 g/mol. The van der Waals surface area contributed by atoms with E-state index in [1.807, 2.05) is 0 Å². The second kappa shape index (κ2) is 18.4. The number of hydrogen-bond donors (Lipinski definition) is 4. The first-order valence-corrected chi connectivity index (χ1v) is 16.5. The minimum absolute atomic E-state index is 0.364. The highest BCUT2D eigenvalue weighted by Crippen LogP contribution is 2.38. The molecule has 0 bridgehead atoms. The zero-order valence-corrected chi connectivity index (χ0v) is 28.7. The molecule has 4 N–H and O–H groups in total. The molecule has 0 saturated carbocycles. The van der Waals surface area contributed by atoms with Gasteiger partial charge in [0.05, 0.1) is 30.3 Å². The first-order valence-electron chi connectivity index (χ1n) is 16.5. The third-order valence-electron chi connectivity index (χ3n) is 9.02. The molecule has 0 spiro atoms. The van der Waals surface area contributed by atoms with Crippen LogP contribution in [0, 0.1) is 23.7 Å². The molecule has 47 heavy (non-hydrogen) atoms. The summed E-state index contributed by atoms with van der Waals surface area (Å²) in [5.41, 5.74) is 0. The zero-order valence-electron chi connectivity index (χ0n) is 28.7. The molecule has 0 aromatic heterocycles. The van der Waals surface area contributed by atoms with Crippen LogP contribution in [0.1, 0.15) is 81.1 Å². The second-order valence-electron chi connectivity index (χ2n) is 12.5. The summed E-state index contributed by atoms with van der Waals surface area (Å²) in [5, 5.41) is 41.4. The Morgan fingerprint density at radius 1 is 0.681 bits per heavy atom. The van der Waals surface area contributed by atoms with Crippen molar-refractivity contribution in [2.24, 2.45) is 23.7 Å². The van der Waals surface area contributed by atoms with Gasteiger partial charge >= 0.3 is 23.9 Å². The van der Waals surface area contributed by atoms with Gasteiger partial charge in [-0.15, -0.1) is 0 Å². The highest BCUT2D eigenvalue weighted by molar-refractivity contribution is 5.74. The highest BCUT2D eigenvalue weighted by Gasteiger charge is 2.61. The highest BCUT2D eigenvalue weighted by atomic mass is 16.8. The summed E-state index contributed by atoms with van der Waals surface area (Å²) in [5.74, 6) is -7.57. The number of hydrogen-bond acceptors (Lipinski definition) is 15. The molecule has 2 fully saturated rings.